The van der Waals surface area contributed by atoms with Crippen LogP contribution in [0.3, 0.4) is 0 Å². The van der Waals surface area contributed by atoms with E-state index in [-0.39, 0.29) is 11.8 Å². The van der Waals surface area contributed by atoms with E-state index >= 15 is 0 Å². The first-order chi connectivity index (χ1) is 12.1. The van der Waals surface area contributed by atoms with Gasteiger partial charge in [0.05, 0.1) is 18.4 Å². The van der Waals surface area contributed by atoms with Crippen molar-refractivity contribution >= 4 is 17.5 Å². The zero-order chi connectivity index (χ0) is 18.1. The van der Waals surface area contributed by atoms with Gasteiger partial charge in [0.15, 0.2) is 0 Å². The van der Waals surface area contributed by atoms with E-state index in [0.717, 1.165) is 25.0 Å². The molecule has 5 heteroatoms. The number of hydrogen-bond donors (Lipinski definition) is 2. The Labute approximate surface area is 148 Å². The number of ether oxygens (including phenoxy) is 1. The van der Waals surface area contributed by atoms with Crippen molar-refractivity contribution in [2.24, 2.45) is 0 Å². The standard InChI is InChI=1S/C20H24N2O3/c1-21-20(24)17-8-4-5-9-18(17)22-19(23)10-6-3-7-15-11-13-16(25-2)14-12-15/h4-5,8-9,11-14H,3,6-7,10H2,1-2H3,(H,21,24)(H,22,23). The maximum atomic E-state index is 12.1. The smallest absolute Gasteiger partial charge is 0.253 e. The highest BCUT2D eigenvalue weighted by molar-refractivity contribution is 6.03. The minimum atomic E-state index is -0.213. The molecule has 2 aromatic carbocycles. The lowest BCUT2D eigenvalue weighted by Crippen LogP contribution is -2.21. The predicted molar refractivity (Wildman–Crippen MR) is 99.0 cm³/mol. The van der Waals surface area contributed by atoms with Crippen molar-refractivity contribution in [3.05, 3.63) is 59.7 Å². The molecule has 0 aromatic heterocycles. The van der Waals surface area contributed by atoms with Crippen LogP contribution in [0.2, 0.25) is 0 Å². The fraction of sp³-hybridized carbons (Fsp3) is 0.300. The number of unbranched alkanes of at least 4 members (excludes halogenated alkanes) is 1. The number of nitrogens with one attached hydrogen (secondary N) is 2. The van der Waals surface area contributed by atoms with Crippen LogP contribution in [0, 0.1) is 0 Å². The first-order valence-electron chi connectivity index (χ1n) is 8.38. The van der Waals surface area contributed by atoms with E-state index in [9.17, 15) is 9.59 Å². The van der Waals surface area contributed by atoms with Crippen LogP contribution in [0.25, 0.3) is 0 Å². The topological polar surface area (TPSA) is 67.4 Å². The van der Waals surface area contributed by atoms with Crippen LogP contribution in [-0.4, -0.2) is 26.0 Å². The molecule has 5 nitrogen and oxygen atoms in total. The highest BCUT2D eigenvalue weighted by Gasteiger charge is 2.11. The maximum absolute atomic E-state index is 12.1. The SMILES string of the molecule is CNC(=O)c1ccccc1NC(=O)CCCCc1ccc(OC)cc1. The molecule has 2 amide bonds. The number of methoxy groups -OCH3 is 1. The Hall–Kier alpha value is -2.82. The van der Waals surface area contributed by atoms with E-state index < -0.39 is 0 Å². The fourth-order valence-corrected chi connectivity index (χ4v) is 2.54. The second-order valence-electron chi connectivity index (χ2n) is 5.73. The van der Waals surface area contributed by atoms with Crippen LogP contribution >= 0.6 is 0 Å². The summed E-state index contributed by atoms with van der Waals surface area (Å²) in [5, 5.41) is 5.40. The molecule has 0 aliphatic rings. The van der Waals surface area contributed by atoms with Gasteiger partial charge in [-0.2, -0.15) is 0 Å². The van der Waals surface area contributed by atoms with E-state index in [1.165, 1.54) is 5.56 Å². The first kappa shape index (κ1) is 18.5. The maximum Gasteiger partial charge on any atom is 0.253 e. The Kier molecular flexibility index (Phi) is 7.01. The molecule has 0 aliphatic carbocycles. The number of anilines is 1. The number of rotatable bonds is 8. The molecular weight excluding hydrogens is 316 g/mol. The lowest BCUT2D eigenvalue weighted by molar-refractivity contribution is -0.116. The summed E-state index contributed by atoms with van der Waals surface area (Å²) in [6, 6.07) is 15.0. The second kappa shape index (κ2) is 9.47. The van der Waals surface area contributed by atoms with E-state index in [1.54, 1.807) is 38.4 Å². The molecule has 0 unspecified atom stereocenters. The molecule has 2 rings (SSSR count). The van der Waals surface area contributed by atoms with Gasteiger partial charge in [0, 0.05) is 13.5 Å². The van der Waals surface area contributed by atoms with E-state index in [1.807, 2.05) is 24.3 Å². The average molecular weight is 340 g/mol. The van der Waals surface area contributed by atoms with Gasteiger partial charge in [0.25, 0.3) is 5.91 Å². The number of benzene rings is 2. The summed E-state index contributed by atoms with van der Waals surface area (Å²) in [7, 11) is 3.22. The van der Waals surface area contributed by atoms with Gasteiger partial charge in [0.1, 0.15) is 5.75 Å². The molecule has 25 heavy (non-hydrogen) atoms. The van der Waals surface area contributed by atoms with Crippen molar-refractivity contribution in [2.75, 3.05) is 19.5 Å². The van der Waals surface area contributed by atoms with Gasteiger partial charge in [-0.3, -0.25) is 9.59 Å². The Morgan fingerprint density at radius 3 is 2.40 bits per heavy atom. The molecule has 0 bridgehead atoms. The van der Waals surface area contributed by atoms with Gasteiger partial charge in [-0.1, -0.05) is 24.3 Å². The van der Waals surface area contributed by atoms with Gasteiger partial charge in [-0.05, 0) is 49.1 Å². The molecule has 2 N–H and O–H groups in total. The number of carbonyl (C=O) groups is 2. The summed E-state index contributed by atoms with van der Waals surface area (Å²) in [6.45, 7) is 0. The van der Waals surface area contributed by atoms with Gasteiger partial charge in [-0.25, -0.2) is 0 Å². The largest absolute Gasteiger partial charge is 0.497 e. The molecule has 0 saturated carbocycles. The minimum Gasteiger partial charge on any atom is -0.497 e. The molecule has 0 heterocycles. The third kappa shape index (κ3) is 5.64. The van der Waals surface area contributed by atoms with Crippen molar-refractivity contribution in [3.63, 3.8) is 0 Å². The zero-order valence-corrected chi connectivity index (χ0v) is 14.7. The van der Waals surface area contributed by atoms with Crippen LogP contribution < -0.4 is 15.4 Å². The van der Waals surface area contributed by atoms with Crippen LogP contribution in [0.1, 0.15) is 35.2 Å². The summed E-state index contributed by atoms with van der Waals surface area (Å²) < 4.78 is 5.14. The van der Waals surface area contributed by atoms with Gasteiger partial charge >= 0.3 is 0 Å². The van der Waals surface area contributed by atoms with E-state index in [0.29, 0.717) is 17.7 Å². The molecule has 2 aromatic rings. The van der Waals surface area contributed by atoms with Crippen LogP contribution in [0.5, 0.6) is 5.75 Å². The van der Waals surface area contributed by atoms with Crippen molar-refractivity contribution in [3.8, 4) is 5.75 Å². The molecule has 0 radical (unpaired) electrons. The lowest BCUT2D eigenvalue weighted by atomic mass is 10.1. The minimum absolute atomic E-state index is 0.0777. The monoisotopic (exact) mass is 340 g/mol. The van der Waals surface area contributed by atoms with Crippen molar-refractivity contribution in [1.82, 2.24) is 5.32 Å². The highest BCUT2D eigenvalue weighted by atomic mass is 16.5. The van der Waals surface area contributed by atoms with Gasteiger partial charge in [0.2, 0.25) is 5.91 Å². The fourth-order valence-electron chi connectivity index (χ4n) is 2.54. The first-order valence-corrected chi connectivity index (χ1v) is 8.38. The third-order valence-corrected chi connectivity index (χ3v) is 3.95. The number of amides is 2. The van der Waals surface area contributed by atoms with Crippen molar-refractivity contribution in [1.29, 1.82) is 0 Å². The molecule has 0 aliphatic heterocycles. The van der Waals surface area contributed by atoms with E-state index in [2.05, 4.69) is 10.6 Å². The van der Waals surface area contributed by atoms with Gasteiger partial charge < -0.3 is 15.4 Å². The summed E-state index contributed by atoms with van der Waals surface area (Å²) in [5.74, 6) is 0.555. The highest BCUT2D eigenvalue weighted by Crippen LogP contribution is 2.16. The Morgan fingerprint density at radius 1 is 1.00 bits per heavy atom. The lowest BCUT2D eigenvalue weighted by Gasteiger charge is -2.10. The number of aryl methyl sites for hydroxylation is 1. The average Bonchev–Trinajstić information content (AvgIpc) is 2.65. The van der Waals surface area contributed by atoms with Crippen molar-refractivity contribution < 1.29 is 14.3 Å². The molecule has 0 fully saturated rings. The van der Waals surface area contributed by atoms with Crippen molar-refractivity contribution in [2.45, 2.75) is 25.7 Å². The van der Waals surface area contributed by atoms with Gasteiger partial charge in [-0.15, -0.1) is 0 Å². The Bertz CT molecular complexity index is 711. The molecule has 132 valence electrons. The summed E-state index contributed by atoms with van der Waals surface area (Å²) in [4.78, 5) is 23.9. The quantitative estimate of drug-likeness (QED) is 0.724. The van der Waals surface area contributed by atoms with Crippen LogP contribution in [0.15, 0.2) is 48.5 Å². The number of para-hydroxylation sites is 1. The van der Waals surface area contributed by atoms with Crippen LogP contribution in [-0.2, 0) is 11.2 Å². The Balaban J connectivity index is 1.78. The number of carbonyl (C=O) groups excluding carboxylic acids is 2. The third-order valence-electron chi connectivity index (χ3n) is 3.95. The predicted octanol–water partition coefficient (Wildman–Crippen LogP) is 3.41. The zero-order valence-electron chi connectivity index (χ0n) is 14.7. The van der Waals surface area contributed by atoms with Crippen LogP contribution in [0.4, 0.5) is 5.69 Å². The summed E-state index contributed by atoms with van der Waals surface area (Å²) in [6.07, 6.45) is 3.07. The molecular formula is C20H24N2O3. The van der Waals surface area contributed by atoms with E-state index in [4.69, 9.17) is 4.74 Å². The number of hydrogen-bond acceptors (Lipinski definition) is 3. The Morgan fingerprint density at radius 2 is 1.72 bits per heavy atom. The molecule has 0 saturated heterocycles. The normalized spacial score (nSPS) is 10.2. The molecule has 0 spiro atoms. The summed E-state index contributed by atoms with van der Waals surface area (Å²) >= 11 is 0. The second-order valence-corrected chi connectivity index (χ2v) is 5.73. The molecule has 0 atom stereocenters. The summed E-state index contributed by atoms with van der Waals surface area (Å²) in [5.41, 5.74) is 2.24.